The maximum atomic E-state index is 5.95. The van der Waals surface area contributed by atoms with E-state index in [4.69, 9.17) is 23.8 Å². The van der Waals surface area contributed by atoms with Crippen molar-refractivity contribution < 1.29 is 0 Å². The van der Waals surface area contributed by atoms with E-state index in [2.05, 4.69) is 32.0 Å². The number of hydrogen-bond acceptors (Lipinski definition) is 2. The van der Waals surface area contributed by atoms with Crippen LogP contribution in [0.4, 0.5) is 0 Å². The van der Waals surface area contributed by atoms with E-state index >= 15 is 0 Å². The quantitative estimate of drug-likeness (QED) is 0.636. The molecule has 0 unspecified atom stereocenters. The number of hydrogen-bond donors (Lipinski definition) is 1. The van der Waals surface area contributed by atoms with E-state index in [0.717, 1.165) is 26.9 Å². The van der Waals surface area contributed by atoms with Crippen LogP contribution in [0.25, 0.3) is 16.9 Å². The molecule has 0 aliphatic heterocycles. The molecule has 2 heterocycles. The number of H-pyrrole nitrogens is 1. The third-order valence-electron chi connectivity index (χ3n) is 2.83. The molecule has 3 aromatic rings. The molecule has 0 atom stereocenters. The third-order valence-corrected chi connectivity index (χ3v) is 3.99. The number of benzene rings is 1. The van der Waals surface area contributed by atoms with Gasteiger partial charge in [-0.2, -0.15) is 0 Å². The number of rotatable bonds is 1. The average molecular weight is 355 g/mol. The molecule has 0 amide bonds. The first-order chi connectivity index (χ1) is 9.06. The van der Waals surface area contributed by atoms with Crippen molar-refractivity contribution in [3.63, 3.8) is 0 Å². The fourth-order valence-corrected chi connectivity index (χ4v) is 2.86. The zero-order valence-electron chi connectivity index (χ0n) is 9.95. The van der Waals surface area contributed by atoms with E-state index < -0.39 is 0 Å². The number of halogens is 2. The Balaban J connectivity index is 2.39. The second-order valence-corrected chi connectivity index (χ2v) is 5.92. The van der Waals surface area contributed by atoms with E-state index in [1.54, 1.807) is 6.20 Å². The molecule has 19 heavy (non-hydrogen) atoms. The summed E-state index contributed by atoms with van der Waals surface area (Å²) < 4.78 is 3.46. The van der Waals surface area contributed by atoms with Gasteiger partial charge in [-0.1, -0.05) is 17.7 Å². The zero-order chi connectivity index (χ0) is 13.6. The van der Waals surface area contributed by atoms with Crippen LogP contribution < -0.4 is 0 Å². The van der Waals surface area contributed by atoms with Crippen LogP contribution in [0.15, 0.2) is 34.9 Å². The highest BCUT2D eigenvalue weighted by molar-refractivity contribution is 9.10. The summed E-state index contributed by atoms with van der Waals surface area (Å²) in [5.41, 5.74) is 3.71. The molecular weight excluding hydrogens is 346 g/mol. The summed E-state index contributed by atoms with van der Waals surface area (Å²) in [6.07, 6.45) is 1.62. The predicted molar refractivity (Wildman–Crippen MR) is 83.7 cm³/mol. The predicted octanol–water partition coefficient (Wildman–Crippen LogP) is 4.81. The standard InChI is InChI=1S/C13H9BrClN3S/c1-7-2-3-9(14)11(4-7)18-12-10(17-13(18)19)5-8(15)6-16-12/h2-6H,1H3,(H,17,19). The normalized spacial score (nSPS) is 11.1. The van der Waals surface area contributed by atoms with Gasteiger partial charge in [0.2, 0.25) is 0 Å². The van der Waals surface area contributed by atoms with Gasteiger partial charge < -0.3 is 4.98 Å². The largest absolute Gasteiger partial charge is 0.329 e. The van der Waals surface area contributed by atoms with Crippen molar-refractivity contribution in [3.05, 3.63) is 50.3 Å². The molecule has 3 rings (SSSR count). The Kier molecular flexibility index (Phi) is 3.20. The van der Waals surface area contributed by atoms with Gasteiger partial charge in [-0.3, -0.25) is 4.57 Å². The van der Waals surface area contributed by atoms with Crippen molar-refractivity contribution in [1.29, 1.82) is 0 Å². The van der Waals surface area contributed by atoms with Crippen LogP contribution in [-0.4, -0.2) is 14.5 Å². The molecule has 96 valence electrons. The zero-order valence-corrected chi connectivity index (χ0v) is 13.1. The lowest BCUT2D eigenvalue weighted by Crippen LogP contribution is -1.97. The summed E-state index contributed by atoms with van der Waals surface area (Å²) in [5, 5.41) is 0.583. The Morgan fingerprint density at radius 3 is 2.95 bits per heavy atom. The third kappa shape index (κ3) is 2.22. The fraction of sp³-hybridized carbons (Fsp3) is 0.0769. The second kappa shape index (κ2) is 4.74. The number of nitrogens with one attached hydrogen (secondary N) is 1. The van der Waals surface area contributed by atoms with Crippen LogP contribution in [0, 0.1) is 11.7 Å². The monoisotopic (exact) mass is 353 g/mol. The van der Waals surface area contributed by atoms with Crippen molar-refractivity contribution in [2.45, 2.75) is 6.92 Å². The number of aromatic amines is 1. The van der Waals surface area contributed by atoms with Crippen molar-refractivity contribution in [2.24, 2.45) is 0 Å². The van der Waals surface area contributed by atoms with Gasteiger partial charge in [0.15, 0.2) is 10.4 Å². The molecular formula is C13H9BrClN3S. The van der Waals surface area contributed by atoms with Gasteiger partial charge in [0.05, 0.1) is 16.2 Å². The maximum absolute atomic E-state index is 5.95. The fourth-order valence-electron chi connectivity index (χ4n) is 1.99. The molecule has 0 aliphatic rings. The minimum absolute atomic E-state index is 0.583. The molecule has 0 radical (unpaired) electrons. The minimum atomic E-state index is 0.583. The van der Waals surface area contributed by atoms with Crippen molar-refractivity contribution in [1.82, 2.24) is 14.5 Å². The molecule has 2 aromatic heterocycles. The summed E-state index contributed by atoms with van der Waals surface area (Å²) in [7, 11) is 0. The molecule has 6 heteroatoms. The lowest BCUT2D eigenvalue weighted by Gasteiger charge is -2.07. The highest BCUT2D eigenvalue weighted by Crippen LogP contribution is 2.26. The Bertz CT molecular complexity index is 838. The summed E-state index contributed by atoms with van der Waals surface area (Å²) in [6, 6.07) is 7.92. The maximum Gasteiger partial charge on any atom is 0.184 e. The SMILES string of the molecule is Cc1ccc(Br)c(-n2c(=S)[nH]c3cc(Cl)cnc32)c1. The van der Waals surface area contributed by atoms with E-state index in [-0.39, 0.29) is 0 Å². The number of imidazole rings is 1. The van der Waals surface area contributed by atoms with Crippen LogP contribution in [0.1, 0.15) is 5.56 Å². The van der Waals surface area contributed by atoms with E-state index in [1.165, 1.54) is 0 Å². The lowest BCUT2D eigenvalue weighted by atomic mass is 10.2. The number of aryl methyl sites for hydroxylation is 1. The van der Waals surface area contributed by atoms with E-state index in [0.29, 0.717) is 9.79 Å². The molecule has 0 spiro atoms. The van der Waals surface area contributed by atoms with Crippen LogP contribution in [0.5, 0.6) is 0 Å². The number of nitrogens with zero attached hydrogens (tertiary/aromatic N) is 2. The highest BCUT2D eigenvalue weighted by atomic mass is 79.9. The second-order valence-electron chi connectivity index (χ2n) is 4.25. The topological polar surface area (TPSA) is 33.6 Å². The number of pyridine rings is 1. The smallest absolute Gasteiger partial charge is 0.184 e. The van der Waals surface area contributed by atoms with Gasteiger partial charge in [-0.05, 0) is 58.8 Å². The van der Waals surface area contributed by atoms with Crippen LogP contribution in [-0.2, 0) is 0 Å². The Hall–Kier alpha value is -1.17. The first-order valence-corrected chi connectivity index (χ1v) is 7.17. The molecule has 3 nitrogen and oxygen atoms in total. The Morgan fingerprint density at radius 2 is 2.16 bits per heavy atom. The van der Waals surface area contributed by atoms with Gasteiger partial charge in [0.25, 0.3) is 0 Å². The Labute approximate surface area is 128 Å². The minimum Gasteiger partial charge on any atom is -0.329 e. The molecule has 0 saturated heterocycles. The van der Waals surface area contributed by atoms with Crippen LogP contribution >= 0.6 is 39.7 Å². The van der Waals surface area contributed by atoms with Gasteiger partial charge in [-0.15, -0.1) is 0 Å². The van der Waals surface area contributed by atoms with Gasteiger partial charge in [0, 0.05) is 10.7 Å². The van der Waals surface area contributed by atoms with Gasteiger partial charge in [-0.25, -0.2) is 4.98 Å². The summed E-state index contributed by atoms with van der Waals surface area (Å²) in [4.78, 5) is 7.48. The van der Waals surface area contributed by atoms with Crippen LogP contribution in [0.3, 0.4) is 0 Å². The van der Waals surface area contributed by atoms with Crippen molar-refractivity contribution in [3.8, 4) is 5.69 Å². The Morgan fingerprint density at radius 1 is 1.37 bits per heavy atom. The molecule has 0 bridgehead atoms. The molecule has 0 saturated carbocycles. The molecule has 0 aliphatic carbocycles. The average Bonchev–Trinajstić information content (AvgIpc) is 2.67. The molecule has 0 fully saturated rings. The van der Waals surface area contributed by atoms with Gasteiger partial charge >= 0.3 is 0 Å². The van der Waals surface area contributed by atoms with E-state index in [1.807, 2.05) is 29.7 Å². The summed E-state index contributed by atoms with van der Waals surface area (Å²) in [5.74, 6) is 0. The van der Waals surface area contributed by atoms with Gasteiger partial charge in [0.1, 0.15) is 0 Å². The van der Waals surface area contributed by atoms with Crippen molar-refractivity contribution >= 4 is 50.9 Å². The van der Waals surface area contributed by atoms with Crippen LogP contribution in [0.2, 0.25) is 5.02 Å². The summed E-state index contributed by atoms with van der Waals surface area (Å²) >= 11 is 14.9. The highest BCUT2D eigenvalue weighted by Gasteiger charge is 2.11. The van der Waals surface area contributed by atoms with E-state index in [9.17, 15) is 0 Å². The molecule has 1 aromatic carbocycles. The molecule has 1 N–H and O–H groups in total. The first kappa shape index (κ1) is 12.8. The number of fused-ring (bicyclic) bond motifs is 1. The summed E-state index contributed by atoms with van der Waals surface area (Å²) in [6.45, 7) is 2.04. The first-order valence-electron chi connectivity index (χ1n) is 5.59. The number of aromatic nitrogens is 3. The van der Waals surface area contributed by atoms with Crippen molar-refractivity contribution in [2.75, 3.05) is 0 Å². The lowest BCUT2D eigenvalue weighted by molar-refractivity contribution is 1.03.